The molecule has 0 N–H and O–H groups in total. The molecule has 0 fully saturated rings. The minimum Gasteiger partial charge on any atom is -0.457 e. The van der Waals surface area contributed by atoms with Crippen LogP contribution in [0.2, 0.25) is 0 Å². The molecule has 0 spiro atoms. The van der Waals surface area contributed by atoms with Crippen LogP contribution in [-0.4, -0.2) is 11.6 Å². The van der Waals surface area contributed by atoms with Crippen LogP contribution in [0.25, 0.3) is 0 Å². The lowest BCUT2D eigenvalue weighted by atomic mass is 10.1. The van der Waals surface area contributed by atoms with Gasteiger partial charge in [0.05, 0.1) is 17.1 Å². The molecule has 4 aromatic rings. The zero-order valence-corrected chi connectivity index (χ0v) is 16.2. The van der Waals surface area contributed by atoms with Crippen molar-refractivity contribution in [3.05, 3.63) is 101 Å². The highest BCUT2D eigenvalue weighted by atomic mass is 32.1. The van der Waals surface area contributed by atoms with Gasteiger partial charge in [-0.05, 0) is 53.9 Å². The molecule has 0 atom stereocenters. The first-order valence-corrected chi connectivity index (χ1v) is 10.1. The van der Waals surface area contributed by atoms with Crippen molar-refractivity contribution in [2.24, 2.45) is 4.99 Å². The van der Waals surface area contributed by atoms with Crippen LogP contribution in [0.15, 0.2) is 101 Å². The summed E-state index contributed by atoms with van der Waals surface area (Å²) < 4.78 is 5.82. The predicted molar refractivity (Wildman–Crippen MR) is 117 cm³/mol. The van der Waals surface area contributed by atoms with Gasteiger partial charge in [-0.3, -0.25) is 9.69 Å². The molecule has 5 rings (SSSR count). The number of aliphatic imine (C=N–C) groups is 1. The third kappa shape index (κ3) is 3.32. The summed E-state index contributed by atoms with van der Waals surface area (Å²) in [6, 6.07) is 26.7. The summed E-state index contributed by atoms with van der Waals surface area (Å²) in [6.45, 7) is 0. The van der Waals surface area contributed by atoms with E-state index in [0.29, 0.717) is 11.4 Å². The number of hydrogen-bond donors (Lipinski definition) is 0. The smallest absolute Gasteiger partial charge is 0.282 e. The van der Waals surface area contributed by atoms with E-state index in [9.17, 15) is 4.79 Å². The van der Waals surface area contributed by atoms with Crippen molar-refractivity contribution in [1.82, 2.24) is 0 Å². The van der Waals surface area contributed by atoms with E-state index < -0.39 is 0 Å². The van der Waals surface area contributed by atoms with Gasteiger partial charge in [-0.2, -0.15) is 11.3 Å². The number of fused-ring (bicyclic) bond motifs is 1. The number of amides is 1. The quantitative estimate of drug-likeness (QED) is 0.404. The Balaban J connectivity index is 1.46. The number of carbonyl (C=O) groups excluding carboxylic acids is 1. The van der Waals surface area contributed by atoms with Gasteiger partial charge in [0.1, 0.15) is 17.2 Å². The van der Waals surface area contributed by atoms with Crippen molar-refractivity contribution in [2.75, 3.05) is 4.90 Å². The molecule has 0 saturated heterocycles. The highest BCUT2D eigenvalue weighted by Crippen LogP contribution is 2.37. The van der Waals surface area contributed by atoms with E-state index in [4.69, 9.17) is 4.74 Å². The van der Waals surface area contributed by atoms with Crippen molar-refractivity contribution in [3.8, 4) is 11.5 Å². The first-order valence-electron chi connectivity index (χ1n) is 9.17. The van der Waals surface area contributed by atoms with Crippen LogP contribution in [-0.2, 0) is 4.79 Å². The standard InChI is InChI=1S/C24H16N2O2S/c27-24-23(21-8-4-5-9-22(21)26(24)18-14-15-29-16-18)25-17-10-12-20(13-11-17)28-19-6-2-1-3-7-19/h1-16H/b25-23-. The maximum absolute atomic E-state index is 13.1. The fourth-order valence-corrected chi connectivity index (χ4v) is 3.91. The van der Waals surface area contributed by atoms with Crippen LogP contribution < -0.4 is 9.64 Å². The third-order valence-electron chi connectivity index (χ3n) is 4.63. The Morgan fingerprint density at radius 2 is 1.52 bits per heavy atom. The molecule has 1 amide bonds. The molecule has 1 aliphatic heterocycles. The molecule has 0 radical (unpaired) electrons. The largest absolute Gasteiger partial charge is 0.457 e. The maximum Gasteiger partial charge on any atom is 0.282 e. The monoisotopic (exact) mass is 396 g/mol. The molecule has 1 aliphatic rings. The van der Waals surface area contributed by atoms with E-state index in [1.165, 1.54) is 0 Å². The first-order chi connectivity index (χ1) is 14.3. The highest BCUT2D eigenvalue weighted by Gasteiger charge is 2.34. The highest BCUT2D eigenvalue weighted by molar-refractivity contribution is 7.08. The topological polar surface area (TPSA) is 41.9 Å². The molecular weight excluding hydrogens is 380 g/mol. The Hall–Kier alpha value is -3.70. The van der Waals surface area contributed by atoms with E-state index in [2.05, 4.69) is 4.99 Å². The van der Waals surface area contributed by atoms with E-state index in [1.54, 1.807) is 16.2 Å². The van der Waals surface area contributed by atoms with Crippen LogP contribution in [0.1, 0.15) is 5.56 Å². The normalized spacial score (nSPS) is 14.3. The number of rotatable bonds is 4. The second-order valence-corrected chi connectivity index (χ2v) is 7.29. The van der Waals surface area contributed by atoms with Gasteiger partial charge in [0.15, 0.2) is 0 Å². The minimum atomic E-state index is -0.116. The van der Waals surface area contributed by atoms with Gasteiger partial charge >= 0.3 is 0 Å². The average molecular weight is 396 g/mol. The van der Waals surface area contributed by atoms with E-state index in [1.807, 2.05) is 95.7 Å². The molecule has 1 aromatic heterocycles. The predicted octanol–water partition coefficient (Wildman–Crippen LogP) is 6.34. The fraction of sp³-hybridized carbons (Fsp3) is 0. The molecule has 140 valence electrons. The summed E-state index contributed by atoms with van der Waals surface area (Å²) >= 11 is 1.56. The maximum atomic E-state index is 13.1. The van der Waals surface area contributed by atoms with Crippen LogP contribution >= 0.6 is 11.3 Å². The molecule has 5 heteroatoms. The molecule has 0 aliphatic carbocycles. The molecule has 2 heterocycles. The number of anilines is 2. The Morgan fingerprint density at radius 3 is 2.28 bits per heavy atom. The minimum absolute atomic E-state index is 0.116. The van der Waals surface area contributed by atoms with Crippen LogP contribution in [0.4, 0.5) is 17.1 Å². The first kappa shape index (κ1) is 17.4. The summed E-state index contributed by atoms with van der Waals surface area (Å²) in [4.78, 5) is 19.5. The summed E-state index contributed by atoms with van der Waals surface area (Å²) in [5.74, 6) is 1.38. The Bertz CT molecular complexity index is 1180. The average Bonchev–Trinajstić information content (AvgIpc) is 3.37. The number of benzene rings is 3. The molecule has 29 heavy (non-hydrogen) atoms. The van der Waals surface area contributed by atoms with Gasteiger partial charge in [-0.15, -0.1) is 0 Å². The van der Waals surface area contributed by atoms with Gasteiger partial charge in [-0.25, -0.2) is 4.99 Å². The van der Waals surface area contributed by atoms with E-state index >= 15 is 0 Å². The van der Waals surface area contributed by atoms with Crippen molar-refractivity contribution in [3.63, 3.8) is 0 Å². The van der Waals surface area contributed by atoms with Gasteiger partial charge < -0.3 is 4.74 Å². The van der Waals surface area contributed by atoms with Gasteiger partial charge in [-0.1, -0.05) is 36.4 Å². The summed E-state index contributed by atoms with van der Waals surface area (Å²) in [7, 11) is 0. The van der Waals surface area contributed by atoms with Crippen molar-refractivity contribution in [2.45, 2.75) is 0 Å². The number of nitrogens with zero attached hydrogens (tertiary/aromatic N) is 2. The molecule has 4 nitrogen and oxygen atoms in total. The number of thiophene rings is 1. The second kappa shape index (κ2) is 7.37. The summed E-state index contributed by atoms with van der Waals surface area (Å²) in [6.07, 6.45) is 0. The van der Waals surface area contributed by atoms with Gasteiger partial charge in [0.25, 0.3) is 5.91 Å². The lowest BCUT2D eigenvalue weighted by Gasteiger charge is -2.14. The van der Waals surface area contributed by atoms with E-state index in [0.717, 1.165) is 28.4 Å². The zero-order chi connectivity index (χ0) is 19.6. The second-order valence-electron chi connectivity index (χ2n) is 6.51. The molecule has 3 aromatic carbocycles. The Labute approximate surface area is 172 Å². The van der Waals surface area contributed by atoms with Crippen molar-refractivity contribution in [1.29, 1.82) is 0 Å². The van der Waals surface area contributed by atoms with Crippen molar-refractivity contribution >= 4 is 40.0 Å². The van der Waals surface area contributed by atoms with Gasteiger partial charge in [0, 0.05) is 10.9 Å². The number of hydrogen-bond acceptors (Lipinski definition) is 4. The number of carbonyl (C=O) groups is 1. The molecular formula is C24H16N2O2S. The SMILES string of the molecule is O=C1/C(=N\c2ccc(Oc3ccccc3)cc2)c2ccccc2N1c1ccsc1. The number of ether oxygens (including phenoxy) is 1. The fourth-order valence-electron chi connectivity index (χ4n) is 3.29. The van der Waals surface area contributed by atoms with E-state index in [-0.39, 0.29) is 5.91 Å². The lowest BCUT2D eigenvalue weighted by molar-refractivity contribution is -0.111. The molecule has 0 bridgehead atoms. The lowest BCUT2D eigenvalue weighted by Crippen LogP contribution is -2.24. The molecule has 0 unspecified atom stereocenters. The number of para-hydroxylation sites is 2. The van der Waals surface area contributed by atoms with Crippen molar-refractivity contribution < 1.29 is 9.53 Å². The summed E-state index contributed by atoms with van der Waals surface area (Å²) in [5.41, 5.74) is 3.72. The van der Waals surface area contributed by atoms with Gasteiger partial charge in [0.2, 0.25) is 0 Å². The van der Waals surface area contributed by atoms with Crippen LogP contribution in [0.5, 0.6) is 11.5 Å². The van der Waals surface area contributed by atoms with Crippen LogP contribution in [0, 0.1) is 0 Å². The van der Waals surface area contributed by atoms with Crippen LogP contribution in [0.3, 0.4) is 0 Å². The zero-order valence-electron chi connectivity index (χ0n) is 15.4. The Morgan fingerprint density at radius 1 is 0.793 bits per heavy atom. The third-order valence-corrected chi connectivity index (χ3v) is 5.30. The summed E-state index contributed by atoms with van der Waals surface area (Å²) in [5, 5.41) is 3.93. The molecule has 0 saturated carbocycles. The Kier molecular flexibility index (Phi) is 4.42.